The summed E-state index contributed by atoms with van der Waals surface area (Å²) < 4.78 is 0. The predicted octanol–water partition coefficient (Wildman–Crippen LogP) is 3.05. The second-order valence-corrected chi connectivity index (χ2v) is 5.72. The fourth-order valence-corrected chi connectivity index (χ4v) is 3.77. The molecular weight excluding hydrogens is 232 g/mol. The van der Waals surface area contributed by atoms with E-state index in [9.17, 15) is 0 Å². The summed E-state index contributed by atoms with van der Waals surface area (Å²) in [6.07, 6.45) is 5.06. The normalized spacial score (nSPS) is 31.9. The van der Waals surface area contributed by atoms with Crippen LogP contribution in [0.25, 0.3) is 0 Å². The average Bonchev–Trinajstić information content (AvgIpc) is 2.60. The van der Waals surface area contributed by atoms with Crippen molar-refractivity contribution in [2.45, 2.75) is 37.8 Å². The number of nitrogens with zero attached hydrogens (tertiary/aromatic N) is 1. The molecule has 2 bridgehead atoms. The van der Waals surface area contributed by atoms with Gasteiger partial charge in [-0.3, -0.25) is 0 Å². The van der Waals surface area contributed by atoms with Crippen LogP contribution in [0.1, 0.15) is 25.7 Å². The minimum Gasteiger partial charge on any atom is -0.364 e. The highest BCUT2D eigenvalue weighted by molar-refractivity contribution is 6.33. The van der Waals surface area contributed by atoms with E-state index in [2.05, 4.69) is 17.0 Å². The molecule has 2 fully saturated rings. The van der Waals surface area contributed by atoms with Gasteiger partial charge in [-0.25, -0.2) is 0 Å². The van der Waals surface area contributed by atoms with Crippen LogP contribution in [0, 0.1) is 5.92 Å². The molecule has 2 saturated heterocycles. The van der Waals surface area contributed by atoms with E-state index >= 15 is 0 Å². The molecule has 17 heavy (non-hydrogen) atoms. The Hall–Kier alpha value is -0.730. The summed E-state index contributed by atoms with van der Waals surface area (Å²) in [6.45, 7) is 0.837. The number of fused-ring (bicyclic) bond motifs is 2. The Bertz CT molecular complexity index is 393. The van der Waals surface area contributed by atoms with E-state index in [4.69, 9.17) is 17.3 Å². The van der Waals surface area contributed by atoms with E-state index in [1.807, 2.05) is 12.1 Å². The SMILES string of the molecule is NCC1CC2CCC(C1)N2c1ccccc1Cl. The van der Waals surface area contributed by atoms with E-state index in [1.165, 1.54) is 31.4 Å². The van der Waals surface area contributed by atoms with Crippen molar-refractivity contribution in [3.05, 3.63) is 29.3 Å². The average molecular weight is 251 g/mol. The third-order valence-corrected chi connectivity index (χ3v) is 4.61. The summed E-state index contributed by atoms with van der Waals surface area (Å²) in [6, 6.07) is 9.53. The number of para-hydroxylation sites is 1. The van der Waals surface area contributed by atoms with Gasteiger partial charge in [-0.2, -0.15) is 0 Å². The summed E-state index contributed by atoms with van der Waals surface area (Å²) in [4.78, 5) is 2.55. The van der Waals surface area contributed by atoms with Crippen molar-refractivity contribution >= 4 is 17.3 Å². The standard InChI is InChI=1S/C14H19ClN2/c15-13-3-1-2-4-14(13)17-11-5-6-12(17)8-10(7-11)9-16/h1-4,10-12H,5-9,16H2. The summed E-state index contributed by atoms with van der Waals surface area (Å²) in [5.74, 6) is 0.714. The Kier molecular flexibility index (Phi) is 3.01. The molecule has 0 aromatic heterocycles. The Labute approximate surface area is 108 Å². The van der Waals surface area contributed by atoms with Crippen LogP contribution in [-0.4, -0.2) is 18.6 Å². The monoisotopic (exact) mass is 250 g/mol. The van der Waals surface area contributed by atoms with Crippen LogP contribution in [0.4, 0.5) is 5.69 Å². The lowest BCUT2D eigenvalue weighted by Gasteiger charge is -2.40. The number of nitrogens with two attached hydrogens (primary N) is 1. The Morgan fingerprint density at radius 3 is 2.41 bits per heavy atom. The number of benzene rings is 1. The smallest absolute Gasteiger partial charge is 0.0639 e. The lowest BCUT2D eigenvalue weighted by Crippen LogP contribution is -2.44. The zero-order valence-corrected chi connectivity index (χ0v) is 10.7. The number of rotatable bonds is 2. The molecule has 2 unspecified atom stereocenters. The Morgan fingerprint density at radius 1 is 1.18 bits per heavy atom. The molecule has 3 heteroatoms. The molecule has 92 valence electrons. The largest absolute Gasteiger partial charge is 0.364 e. The Morgan fingerprint density at radius 2 is 1.82 bits per heavy atom. The number of anilines is 1. The van der Waals surface area contributed by atoms with Gasteiger partial charge in [0.25, 0.3) is 0 Å². The van der Waals surface area contributed by atoms with Crippen molar-refractivity contribution in [3.8, 4) is 0 Å². The number of hydrogen-bond acceptors (Lipinski definition) is 2. The van der Waals surface area contributed by atoms with Gasteiger partial charge in [0.05, 0.1) is 10.7 Å². The maximum atomic E-state index is 6.32. The van der Waals surface area contributed by atoms with Gasteiger partial charge in [0.1, 0.15) is 0 Å². The predicted molar refractivity (Wildman–Crippen MR) is 72.5 cm³/mol. The molecule has 0 amide bonds. The molecule has 0 radical (unpaired) electrons. The maximum absolute atomic E-state index is 6.32. The van der Waals surface area contributed by atoms with E-state index < -0.39 is 0 Å². The van der Waals surface area contributed by atoms with E-state index in [0.29, 0.717) is 18.0 Å². The fourth-order valence-electron chi connectivity index (χ4n) is 3.54. The van der Waals surface area contributed by atoms with Gasteiger partial charge in [0, 0.05) is 12.1 Å². The molecule has 2 aliphatic heterocycles. The van der Waals surface area contributed by atoms with Gasteiger partial charge in [0.2, 0.25) is 0 Å². The van der Waals surface area contributed by atoms with Crippen LogP contribution < -0.4 is 10.6 Å². The second kappa shape index (κ2) is 4.51. The molecule has 2 atom stereocenters. The number of hydrogen-bond donors (Lipinski definition) is 1. The molecule has 2 nitrogen and oxygen atoms in total. The van der Waals surface area contributed by atoms with Gasteiger partial charge in [-0.15, -0.1) is 0 Å². The number of halogens is 1. The molecule has 3 rings (SSSR count). The van der Waals surface area contributed by atoms with Crippen molar-refractivity contribution in [2.75, 3.05) is 11.4 Å². The zero-order valence-electron chi connectivity index (χ0n) is 9.98. The Balaban J connectivity index is 1.89. The third kappa shape index (κ3) is 1.94. The van der Waals surface area contributed by atoms with Crippen LogP contribution in [-0.2, 0) is 0 Å². The highest BCUT2D eigenvalue weighted by atomic mass is 35.5. The van der Waals surface area contributed by atoms with Gasteiger partial charge < -0.3 is 10.6 Å². The van der Waals surface area contributed by atoms with Crippen LogP contribution in [0.2, 0.25) is 5.02 Å². The zero-order chi connectivity index (χ0) is 11.8. The van der Waals surface area contributed by atoms with E-state index in [-0.39, 0.29) is 0 Å². The van der Waals surface area contributed by atoms with Gasteiger partial charge in [-0.1, -0.05) is 23.7 Å². The third-order valence-electron chi connectivity index (χ3n) is 4.29. The molecule has 0 spiro atoms. The van der Waals surface area contributed by atoms with Crippen molar-refractivity contribution in [1.82, 2.24) is 0 Å². The van der Waals surface area contributed by atoms with Gasteiger partial charge in [0.15, 0.2) is 0 Å². The van der Waals surface area contributed by atoms with Crippen molar-refractivity contribution < 1.29 is 0 Å². The molecular formula is C14H19ClN2. The first kappa shape index (κ1) is 11.4. The lowest BCUT2D eigenvalue weighted by molar-refractivity contribution is 0.347. The van der Waals surface area contributed by atoms with E-state index in [1.54, 1.807) is 0 Å². The first-order valence-electron chi connectivity index (χ1n) is 6.52. The molecule has 1 aromatic carbocycles. The summed E-state index contributed by atoms with van der Waals surface area (Å²) in [5, 5.41) is 0.885. The fraction of sp³-hybridized carbons (Fsp3) is 0.571. The van der Waals surface area contributed by atoms with Crippen molar-refractivity contribution in [2.24, 2.45) is 11.7 Å². The number of piperidine rings is 1. The van der Waals surface area contributed by atoms with Crippen LogP contribution in [0.3, 0.4) is 0 Å². The lowest BCUT2D eigenvalue weighted by atomic mass is 9.90. The van der Waals surface area contributed by atoms with Crippen LogP contribution in [0.15, 0.2) is 24.3 Å². The van der Waals surface area contributed by atoms with Crippen molar-refractivity contribution in [3.63, 3.8) is 0 Å². The first-order chi connectivity index (χ1) is 8.29. The molecule has 2 N–H and O–H groups in total. The highest BCUT2D eigenvalue weighted by Crippen LogP contribution is 2.43. The van der Waals surface area contributed by atoms with E-state index in [0.717, 1.165) is 11.6 Å². The quantitative estimate of drug-likeness (QED) is 0.874. The van der Waals surface area contributed by atoms with Crippen molar-refractivity contribution in [1.29, 1.82) is 0 Å². The molecule has 2 heterocycles. The summed E-state index contributed by atoms with van der Waals surface area (Å²) in [7, 11) is 0. The molecule has 1 aromatic rings. The molecule has 0 saturated carbocycles. The maximum Gasteiger partial charge on any atom is 0.0639 e. The van der Waals surface area contributed by atoms with Crippen LogP contribution >= 0.6 is 11.6 Å². The topological polar surface area (TPSA) is 29.3 Å². The highest BCUT2D eigenvalue weighted by Gasteiger charge is 2.40. The summed E-state index contributed by atoms with van der Waals surface area (Å²) in [5.41, 5.74) is 7.04. The van der Waals surface area contributed by atoms with Gasteiger partial charge >= 0.3 is 0 Å². The molecule has 2 aliphatic rings. The minimum atomic E-state index is 0.655. The first-order valence-corrected chi connectivity index (χ1v) is 6.90. The summed E-state index contributed by atoms with van der Waals surface area (Å²) >= 11 is 6.32. The van der Waals surface area contributed by atoms with Gasteiger partial charge in [-0.05, 0) is 50.3 Å². The molecule has 0 aliphatic carbocycles. The second-order valence-electron chi connectivity index (χ2n) is 5.32. The van der Waals surface area contributed by atoms with Crippen LogP contribution in [0.5, 0.6) is 0 Å². The minimum absolute atomic E-state index is 0.655.